The fourth-order valence-electron chi connectivity index (χ4n) is 4.32. The van der Waals surface area contributed by atoms with Gasteiger partial charge in [-0.05, 0) is 61.9 Å². The third kappa shape index (κ3) is 6.72. The van der Waals surface area contributed by atoms with Crippen LogP contribution in [0.1, 0.15) is 42.5 Å². The van der Waals surface area contributed by atoms with Crippen molar-refractivity contribution in [1.29, 1.82) is 0 Å². The van der Waals surface area contributed by atoms with Crippen LogP contribution in [0.3, 0.4) is 0 Å². The number of halogens is 1. The molecule has 0 spiro atoms. The van der Waals surface area contributed by atoms with E-state index in [1.54, 1.807) is 6.07 Å². The first-order chi connectivity index (χ1) is 16.8. The summed E-state index contributed by atoms with van der Waals surface area (Å²) < 4.78 is 11.7. The van der Waals surface area contributed by atoms with Crippen LogP contribution in [-0.2, 0) is 22.6 Å². The molecule has 0 aliphatic carbocycles. The summed E-state index contributed by atoms with van der Waals surface area (Å²) in [6.45, 7) is 7.45. The van der Waals surface area contributed by atoms with Gasteiger partial charge in [-0.2, -0.15) is 0 Å². The van der Waals surface area contributed by atoms with Crippen LogP contribution >= 0.6 is 11.6 Å². The molecule has 7 nitrogen and oxygen atoms in total. The second-order valence-electron chi connectivity index (χ2n) is 8.95. The molecule has 2 heterocycles. The lowest BCUT2D eigenvalue weighted by Gasteiger charge is -2.35. The number of furan rings is 1. The van der Waals surface area contributed by atoms with E-state index in [0.717, 1.165) is 22.6 Å². The van der Waals surface area contributed by atoms with Crippen molar-refractivity contribution in [3.8, 4) is 11.3 Å². The molecule has 184 valence electrons. The summed E-state index contributed by atoms with van der Waals surface area (Å²) in [7, 11) is 0. The van der Waals surface area contributed by atoms with E-state index < -0.39 is 0 Å². The zero-order valence-electron chi connectivity index (χ0n) is 20.1. The van der Waals surface area contributed by atoms with Crippen molar-refractivity contribution in [3.05, 3.63) is 76.5 Å². The molecule has 8 heteroatoms. The third-order valence-corrected chi connectivity index (χ3v) is 5.90. The van der Waals surface area contributed by atoms with E-state index in [9.17, 15) is 9.59 Å². The fraction of sp³-hybridized carbons (Fsp3) is 0.333. The molecule has 2 atom stereocenters. The first kappa shape index (κ1) is 25.0. The number of nitrogens with one attached hydrogen (secondary N) is 2. The van der Waals surface area contributed by atoms with Gasteiger partial charge in [0.2, 0.25) is 5.91 Å². The van der Waals surface area contributed by atoms with Gasteiger partial charge in [-0.3, -0.25) is 9.59 Å². The number of nitrogens with zero attached hydrogens (tertiary/aromatic N) is 1. The van der Waals surface area contributed by atoms with Crippen LogP contribution in [0.25, 0.3) is 11.3 Å². The minimum atomic E-state index is -0.189. The van der Waals surface area contributed by atoms with Gasteiger partial charge in [-0.1, -0.05) is 23.7 Å². The van der Waals surface area contributed by atoms with Crippen LogP contribution in [0, 0.1) is 0 Å². The van der Waals surface area contributed by atoms with Gasteiger partial charge in [0.05, 0.1) is 18.8 Å². The molecule has 2 N–H and O–H groups in total. The summed E-state index contributed by atoms with van der Waals surface area (Å²) in [6.07, 6.45) is -0.0417. The standard InChI is InChI=1S/C27H30ClN3O4/c1-17-15-31(16-18(2)34-17)27(33)22-9-20(10-24(12-22)30-19(3)32)13-29-14-25-7-8-26(35-25)21-5-4-6-23(28)11-21/h4-12,17-18,29H,13-16H2,1-3H3,(H,30,32)/t17-,18+. The van der Waals surface area contributed by atoms with E-state index in [1.807, 2.05) is 67.3 Å². The Labute approximate surface area is 210 Å². The first-order valence-corrected chi connectivity index (χ1v) is 12.1. The number of anilines is 1. The van der Waals surface area contributed by atoms with Gasteiger partial charge in [-0.25, -0.2) is 0 Å². The number of carbonyl (C=O) groups excluding carboxylic acids is 2. The summed E-state index contributed by atoms with van der Waals surface area (Å²) in [5.74, 6) is 1.27. The molecule has 2 aromatic carbocycles. The van der Waals surface area contributed by atoms with Crippen LogP contribution in [0.2, 0.25) is 5.02 Å². The number of benzene rings is 2. The number of ether oxygens (including phenoxy) is 1. The molecule has 35 heavy (non-hydrogen) atoms. The molecule has 1 aliphatic rings. The second-order valence-corrected chi connectivity index (χ2v) is 9.38. The summed E-state index contributed by atoms with van der Waals surface area (Å²) in [5, 5.41) is 6.82. The highest BCUT2D eigenvalue weighted by atomic mass is 35.5. The molecule has 0 radical (unpaired) electrons. The zero-order valence-corrected chi connectivity index (χ0v) is 20.9. The molecule has 1 saturated heterocycles. The summed E-state index contributed by atoms with van der Waals surface area (Å²) >= 11 is 6.08. The first-order valence-electron chi connectivity index (χ1n) is 11.7. The maximum atomic E-state index is 13.3. The van der Waals surface area contributed by atoms with E-state index in [0.29, 0.717) is 42.5 Å². The average molecular weight is 496 g/mol. The monoisotopic (exact) mass is 495 g/mol. The van der Waals surface area contributed by atoms with Crippen molar-refractivity contribution in [3.63, 3.8) is 0 Å². The van der Waals surface area contributed by atoms with Crippen molar-refractivity contribution in [1.82, 2.24) is 10.2 Å². The lowest BCUT2D eigenvalue weighted by atomic mass is 10.1. The van der Waals surface area contributed by atoms with Gasteiger partial charge in [0.1, 0.15) is 11.5 Å². The number of hydrogen-bond donors (Lipinski definition) is 2. The Morgan fingerprint density at radius 3 is 2.51 bits per heavy atom. The van der Waals surface area contributed by atoms with E-state index in [-0.39, 0.29) is 24.0 Å². The summed E-state index contributed by atoms with van der Waals surface area (Å²) in [4.78, 5) is 26.7. The normalized spacial score (nSPS) is 17.9. The highest BCUT2D eigenvalue weighted by Gasteiger charge is 2.27. The molecular weight excluding hydrogens is 466 g/mol. The van der Waals surface area contributed by atoms with Gasteiger partial charge < -0.3 is 24.7 Å². The van der Waals surface area contributed by atoms with E-state index in [1.165, 1.54) is 6.92 Å². The van der Waals surface area contributed by atoms with Crippen LogP contribution in [0.15, 0.2) is 59.0 Å². The predicted octanol–water partition coefficient (Wildman–Crippen LogP) is 5.10. The Bertz CT molecular complexity index is 1200. The molecule has 0 bridgehead atoms. The van der Waals surface area contributed by atoms with Crippen LogP contribution in [0.4, 0.5) is 5.69 Å². The minimum Gasteiger partial charge on any atom is -0.460 e. The Balaban J connectivity index is 1.45. The average Bonchev–Trinajstić information content (AvgIpc) is 3.26. The predicted molar refractivity (Wildman–Crippen MR) is 136 cm³/mol. The Hall–Kier alpha value is -3.13. The number of carbonyl (C=O) groups is 2. The Morgan fingerprint density at radius 2 is 1.80 bits per heavy atom. The van der Waals surface area contributed by atoms with E-state index in [4.69, 9.17) is 20.8 Å². The summed E-state index contributed by atoms with van der Waals surface area (Å²) in [5.41, 5.74) is 2.93. The molecule has 1 aromatic heterocycles. The molecule has 0 unspecified atom stereocenters. The van der Waals surface area contributed by atoms with Gasteiger partial charge in [0.15, 0.2) is 0 Å². The highest BCUT2D eigenvalue weighted by Crippen LogP contribution is 2.25. The molecule has 2 amide bonds. The van der Waals surface area contributed by atoms with Crippen molar-refractivity contribution >= 4 is 29.1 Å². The van der Waals surface area contributed by atoms with Crippen molar-refractivity contribution in [2.45, 2.75) is 46.1 Å². The van der Waals surface area contributed by atoms with Crippen molar-refractivity contribution in [2.24, 2.45) is 0 Å². The lowest BCUT2D eigenvalue weighted by Crippen LogP contribution is -2.48. The van der Waals surface area contributed by atoms with E-state index >= 15 is 0 Å². The lowest BCUT2D eigenvalue weighted by molar-refractivity contribution is -0.114. The Morgan fingerprint density at radius 1 is 1.03 bits per heavy atom. The zero-order chi connectivity index (χ0) is 24.9. The molecule has 1 aliphatic heterocycles. The molecule has 4 rings (SSSR count). The van der Waals surface area contributed by atoms with Gasteiger partial charge in [0.25, 0.3) is 5.91 Å². The van der Waals surface area contributed by atoms with Crippen LogP contribution in [0.5, 0.6) is 0 Å². The maximum absolute atomic E-state index is 13.3. The Kier molecular flexibility index (Phi) is 7.90. The van der Waals surface area contributed by atoms with Crippen molar-refractivity contribution < 1.29 is 18.7 Å². The van der Waals surface area contributed by atoms with Crippen LogP contribution in [-0.4, -0.2) is 42.0 Å². The molecule has 1 fully saturated rings. The molecule has 3 aromatic rings. The largest absolute Gasteiger partial charge is 0.460 e. The van der Waals surface area contributed by atoms with Crippen LogP contribution < -0.4 is 10.6 Å². The number of hydrogen-bond acceptors (Lipinski definition) is 5. The molecule has 0 saturated carbocycles. The van der Waals surface area contributed by atoms with Gasteiger partial charge >= 0.3 is 0 Å². The minimum absolute atomic E-state index is 0.0209. The fourth-order valence-corrected chi connectivity index (χ4v) is 4.51. The van der Waals surface area contributed by atoms with Gasteiger partial charge in [-0.15, -0.1) is 0 Å². The topological polar surface area (TPSA) is 83.8 Å². The second kappa shape index (κ2) is 11.1. The van der Waals surface area contributed by atoms with Gasteiger partial charge in [0, 0.05) is 48.4 Å². The smallest absolute Gasteiger partial charge is 0.254 e. The number of amides is 2. The number of rotatable bonds is 7. The number of morpholine rings is 1. The van der Waals surface area contributed by atoms with E-state index in [2.05, 4.69) is 10.6 Å². The molecular formula is C27H30ClN3O4. The maximum Gasteiger partial charge on any atom is 0.254 e. The third-order valence-electron chi connectivity index (χ3n) is 5.67. The summed E-state index contributed by atoms with van der Waals surface area (Å²) in [6, 6.07) is 16.8. The van der Waals surface area contributed by atoms with Crippen molar-refractivity contribution in [2.75, 3.05) is 18.4 Å². The quantitative estimate of drug-likeness (QED) is 0.476. The highest BCUT2D eigenvalue weighted by molar-refractivity contribution is 6.30. The SMILES string of the molecule is CC(=O)Nc1cc(CNCc2ccc(-c3cccc(Cl)c3)o2)cc(C(=O)N2C[C@@H](C)O[C@@H](C)C2)c1.